The Morgan fingerprint density at radius 2 is 2.71 bits per heavy atom. The molecular formula is C4H5NO2. The summed E-state index contributed by atoms with van der Waals surface area (Å²) in [4.78, 5) is 14.6. The summed E-state index contributed by atoms with van der Waals surface area (Å²) in [6.07, 6.45) is 3.11. The van der Waals surface area contributed by atoms with Crippen molar-refractivity contribution in [3.05, 3.63) is 6.42 Å². The van der Waals surface area contributed by atoms with E-state index in [-0.39, 0.29) is 5.91 Å². The molecule has 0 aromatic carbocycles. The molecule has 1 aliphatic heterocycles. The van der Waals surface area contributed by atoms with E-state index in [1.54, 1.807) is 0 Å². The second-order valence-electron chi connectivity index (χ2n) is 1.21. The number of hydrogen-bond acceptors (Lipinski definition) is 2. The van der Waals surface area contributed by atoms with E-state index in [0.29, 0.717) is 13.0 Å². The lowest BCUT2D eigenvalue weighted by Crippen LogP contribution is -2.29. The highest BCUT2D eigenvalue weighted by molar-refractivity contribution is 5.83. The SMILES string of the molecule is O=C1[C]CCON1. The van der Waals surface area contributed by atoms with Crippen LogP contribution in [0, 0.1) is 6.42 Å². The minimum Gasteiger partial charge on any atom is -0.274 e. The Morgan fingerprint density at radius 1 is 1.86 bits per heavy atom. The molecule has 1 fully saturated rings. The van der Waals surface area contributed by atoms with Crippen LogP contribution in [0.3, 0.4) is 0 Å². The average molecular weight is 99.1 g/mol. The fraction of sp³-hybridized carbons (Fsp3) is 0.500. The Bertz CT molecular complexity index is 73.8. The molecule has 1 N–H and O–H groups in total. The van der Waals surface area contributed by atoms with Crippen molar-refractivity contribution in [2.45, 2.75) is 6.42 Å². The Labute approximate surface area is 41.6 Å². The Morgan fingerprint density at radius 3 is 3.00 bits per heavy atom. The smallest absolute Gasteiger partial charge is 0.252 e. The van der Waals surface area contributed by atoms with Gasteiger partial charge in [0.15, 0.2) is 0 Å². The van der Waals surface area contributed by atoms with Crippen LogP contribution in [0.2, 0.25) is 0 Å². The van der Waals surface area contributed by atoms with Crippen LogP contribution in [0.25, 0.3) is 0 Å². The van der Waals surface area contributed by atoms with Crippen LogP contribution in [0.4, 0.5) is 0 Å². The van der Waals surface area contributed by atoms with Gasteiger partial charge in [0.05, 0.1) is 13.0 Å². The van der Waals surface area contributed by atoms with Crippen molar-refractivity contribution >= 4 is 5.91 Å². The number of nitrogens with one attached hydrogen (secondary N) is 1. The van der Waals surface area contributed by atoms with Crippen molar-refractivity contribution in [3.8, 4) is 0 Å². The zero-order valence-corrected chi connectivity index (χ0v) is 3.73. The first-order chi connectivity index (χ1) is 3.39. The van der Waals surface area contributed by atoms with Crippen LogP contribution >= 0.6 is 0 Å². The van der Waals surface area contributed by atoms with Crippen molar-refractivity contribution in [2.75, 3.05) is 6.61 Å². The molecular weight excluding hydrogens is 94.0 g/mol. The molecule has 1 heterocycles. The van der Waals surface area contributed by atoms with Gasteiger partial charge in [-0.05, 0) is 6.42 Å². The summed E-state index contributed by atoms with van der Waals surface area (Å²) < 4.78 is 0. The topological polar surface area (TPSA) is 38.3 Å². The molecule has 0 aromatic heterocycles. The number of hydrogen-bond donors (Lipinski definition) is 1. The van der Waals surface area contributed by atoms with Crippen LogP contribution in [-0.2, 0) is 9.63 Å². The van der Waals surface area contributed by atoms with Gasteiger partial charge in [0.25, 0.3) is 5.91 Å². The van der Waals surface area contributed by atoms with Gasteiger partial charge < -0.3 is 0 Å². The van der Waals surface area contributed by atoms with Gasteiger partial charge in [-0.1, -0.05) is 0 Å². The van der Waals surface area contributed by atoms with E-state index in [0.717, 1.165) is 0 Å². The van der Waals surface area contributed by atoms with Crippen LogP contribution in [0.1, 0.15) is 6.42 Å². The van der Waals surface area contributed by atoms with Gasteiger partial charge in [0, 0.05) is 0 Å². The van der Waals surface area contributed by atoms with Gasteiger partial charge >= 0.3 is 0 Å². The van der Waals surface area contributed by atoms with Crippen LogP contribution < -0.4 is 5.48 Å². The van der Waals surface area contributed by atoms with E-state index in [1.165, 1.54) is 0 Å². The summed E-state index contributed by atoms with van der Waals surface area (Å²) in [5, 5.41) is 0. The average Bonchev–Trinajstić information content (AvgIpc) is 1.69. The third kappa shape index (κ3) is 1.16. The molecule has 1 saturated heterocycles. The molecule has 0 bridgehead atoms. The molecule has 1 aliphatic rings. The molecule has 0 atom stereocenters. The second kappa shape index (κ2) is 1.93. The summed E-state index contributed by atoms with van der Waals surface area (Å²) in [5.41, 5.74) is 2.13. The molecule has 3 heteroatoms. The fourth-order valence-electron chi connectivity index (χ4n) is 0.368. The molecule has 0 spiro atoms. The summed E-state index contributed by atoms with van der Waals surface area (Å²) >= 11 is 0. The first-order valence-corrected chi connectivity index (χ1v) is 2.05. The molecule has 0 aliphatic carbocycles. The molecule has 0 saturated carbocycles. The molecule has 0 aromatic rings. The van der Waals surface area contributed by atoms with Crippen molar-refractivity contribution < 1.29 is 9.63 Å². The quantitative estimate of drug-likeness (QED) is 0.445. The highest BCUT2D eigenvalue weighted by Gasteiger charge is 2.06. The van der Waals surface area contributed by atoms with Gasteiger partial charge in [0.1, 0.15) is 0 Å². The largest absolute Gasteiger partial charge is 0.274 e. The standard InChI is InChI=1S/C4H5NO2/c6-4-2-1-3-7-5-4/h1,3H2,(H,5,6). The maximum absolute atomic E-state index is 10.1. The van der Waals surface area contributed by atoms with Crippen molar-refractivity contribution in [2.24, 2.45) is 0 Å². The normalized spacial score (nSPS) is 21.4. The minimum absolute atomic E-state index is 0.258. The fourth-order valence-corrected chi connectivity index (χ4v) is 0.368. The third-order valence-electron chi connectivity index (χ3n) is 0.655. The summed E-state index contributed by atoms with van der Waals surface area (Å²) in [7, 11) is 0. The summed E-state index contributed by atoms with van der Waals surface area (Å²) in [5.74, 6) is -0.258. The predicted octanol–water partition coefficient (Wildman–Crippen LogP) is -0.481. The zero-order valence-electron chi connectivity index (χ0n) is 3.73. The number of rotatable bonds is 0. The predicted molar refractivity (Wildman–Crippen MR) is 22.0 cm³/mol. The van der Waals surface area contributed by atoms with Crippen LogP contribution in [0.5, 0.6) is 0 Å². The Kier molecular flexibility index (Phi) is 1.26. The van der Waals surface area contributed by atoms with E-state index in [4.69, 9.17) is 0 Å². The summed E-state index contributed by atoms with van der Waals surface area (Å²) in [6, 6.07) is 0. The maximum atomic E-state index is 10.1. The molecule has 2 radical (unpaired) electrons. The molecule has 38 valence electrons. The third-order valence-corrected chi connectivity index (χ3v) is 0.655. The van der Waals surface area contributed by atoms with E-state index in [2.05, 4.69) is 16.7 Å². The first kappa shape index (κ1) is 4.59. The van der Waals surface area contributed by atoms with Crippen molar-refractivity contribution in [1.82, 2.24) is 5.48 Å². The molecule has 3 nitrogen and oxygen atoms in total. The Balaban J connectivity index is 2.25. The van der Waals surface area contributed by atoms with E-state index >= 15 is 0 Å². The van der Waals surface area contributed by atoms with Gasteiger partial charge in [-0.3, -0.25) is 9.63 Å². The molecule has 0 unspecified atom stereocenters. The van der Waals surface area contributed by atoms with Gasteiger partial charge in [-0.25, -0.2) is 5.48 Å². The molecule has 1 rings (SSSR count). The Hall–Kier alpha value is -0.570. The number of carbonyl (C=O) groups excluding carboxylic acids is 1. The van der Waals surface area contributed by atoms with Gasteiger partial charge in [-0.15, -0.1) is 0 Å². The maximum Gasteiger partial charge on any atom is 0.252 e. The number of amides is 1. The zero-order chi connectivity index (χ0) is 5.11. The van der Waals surface area contributed by atoms with Gasteiger partial charge in [-0.2, -0.15) is 0 Å². The summed E-state index contributed by atoms with van der Waals surface area (Å²) in [6.45, 7) is 0.547. The number of hydroxylamine groups is 1. The number of carbonyl (C=O) groups is 1. The van der Waals surface area contributed by atoms with Crippen LogP contribution in [-0.4, -0.2) is 12.5 Å². The lowest BCUT2D eigenvalue weighted by Gasteiger charge is -2.08. The van der Waals surface area contributed by atoms with Crippen molar-refractivity contribution in [1.29, 1.82) is 0 Å². The van der Waals surface area contributed by atoms with Crippen molar-refractivity contribution in [3.63, 3.8) is 0 Å². The highest BCUT2D eigenvalue weighted by atomic mass is 16.7. The minimum atomic E-state index is -0.258. The second-order valence-corrected chi connectivity index (χ2v) is 1.21. The lowest BCUT2D eigenvalue weighted by atomic mass is 10.3. The van der Waals surface area contributed by atoms with Gasteiger partial charge in [0.2, 0.25) is 0 Å². The first-order valence-electron chi connectivity index (χ1n) is 2.05. The van der Waals surface area contributed by atoms with E-state index in [1.807, 2.05) is 0 Å². The van der Waals surface area contributed by atoms with E-state index < -0.39 is 0 Å². The lowest BCUT2D eigenvalue weighted by molar-refractivity contribution is -0.133. The van der Waals surface area contributed by atoms with Crippen LogP contribution in [0.15, 0.2) is 0 Å². The molecule has 7 heavy (non-hydrogen) atoms. The highest BCUT2D eigenvalue weighted by Crippen LogP contribution is 1.92. The molecule has 1 amide bonds. The monoisotopic (exact) mass is 99.0 g/mol. The van der Waals surface area contributed by atoms with E-state index in [9.17, 15) is 4.79 Å².